The van der Waals surface area contributed by atoms with Gasteiger partial charge in [-0.25, -0.2) is 4.68 Å². The summed E-state index contributed by atoms with van der Waals surface area (Å²) in [6.45, 7) is 1.59. The van der Waals surface area contributed by atoms with Crippen LogP contribution < -0.4 is 4.74 Å². The van der Waals surface area contributed by atoms with E-state index in [1.807, 2.05) is 35.0 Å². The summed E-state index contributed by atoms with van der Waals surface area (Å²) in [4.78, 5) is 2.26. The Hall–Kier alpha value is -1.52. The third kappa shape index (κ3) is 2.67. The number of halogens is 1. The maximum atomic E-state index is 6.38. The first-order chi connectivity index (χ1) is 9.75. The van der Waals surface area contributed by atoms with Crippen molar-refractivity contribution in [2.45, 2.75) is 25.6 Å². The van der Waals surface area contributed by atoms with Crippen molar-refractivity contribution in [2.24, 2.45) is 0 Å². The molecule has 1 aliphatic heterocycles. The molecule has 0 N–H and O–H groups in total. The summed E-state index contributed by atoms with van der Waals surface area (Å²) in [6, 6.07) is 10.0. The van der Waals surface area contributed by atoms with Crippen molar-refractivity contribution in [3.05, 3.63) is 47.2 Å². The SMILES string of the molecule is CN1CCCC1n1ncc(OCc2ccccc2)c1Cl. The first-order valence-electron chi connectivity index (χ1n) is 6.85. The highest BCUT2D eigenvalue weighted by atomic mass is 35.5. The number of likely N-dealkylation sites (tertiary alicyclic amines) is 1. The number of rotatable bonds is 4. The van der Waals surface area contributed by atoms with Crippen molar-refractivity contribution in [3.63, 3.8) is 0 Å². The smallest absolute Gasteiger partial charge is 0.176 e. The van der Waals surface area contributed by atoms with Gasteiger partial charge in [0.15, 0.2) is 10.9 Å². The minimum Gasteiger partial charge on any atom is -0.484 e. The van der Waals surface area contributed by atoms with Crippen molar-refractivity contribution < 1.29 is 4.74 Å². The predicted octanol–water partition coefficient (Wildman–Crippen LogP) is 3.34. The van der Waals surface area contributed by atoms with E-state index >= 15 is 0 Å². The third-order valence-corrected chi connectivity index (χ3v) is 4.06. The molecule has 0 spiro atoms. The molecule has 1 unspecified atom stereocenters. The molecule has 106 valence electrons. The minimum absolute atomic E-state index is 0.247. The van der Waals surface area contributed by atoms with Crippen LogP contribution in [0.5, 0.6) is 5.75 Å². The monoisotopic (exact) mass is 291 g/mol. The molecule has 2 heterocycles. The largest absolute Gasteiger partial charge is 0.484 e. The normalized spacial score (nSPS) is 19.4. The van der Waals surface area contributed by atoms with Gasteiger partial charge in [-0.2, -0.15) is 5.10 Å². The number of hydrogen-bond acceptors (Lipinski definition) is 3. The number of ether oxygens (including phenoxy) is 1. The molecule has 2 aromatic rings. The number of nitrogens with zero attached hydrogens (tertiary/aromatic N) is 3. The van der Waals surface area contributed by atoms with Crippen LogP contribution in [0.25, 0.3) is 0 Å². The van der Waals surface area contributed by atoms with Gasteiger partial charge in [0.1, 0.15) is 12.8 Å². The molecule has 4 nitrogen and oxygen atoms in total. The molecular formula is C15H18ClN3O. The first-order valence-corrected chi connectivity index (χ1v) is 7.23. The molecule has 5 heteroatoms. The van der Waals surface area contributed by atoms with Gasteiger partial charge < -0.3 is 4.74 Å². The van der Waals surface area contributed by atoms with E-state index in [-0.39, 0.29) is 6.17 Å². The molecule has 0 aliphatic carbocycles. The highest BCUT2D eigenvalue weighted by Crippen LogP contribution is 2.32. The maximum absolute atomic E-state index is 6.38. The number of hydrogen-bond donors (Lipinski definition) is 0. The fourth-order valence-electron chi connectivity index (χ4n) is 2.57. The molecule has 1 fully saturated rings. The quantitative estimate of drug-likeness (QED) is 0.865. The minimum atomic E-state index is 0.247. The number of benzene rings is 1. The Morgan fingerprint density at radius 2 is 2.15 bits per heavy atom. The fourth-order valence-corrected chi connectivity index (χ4v) is 2.83. The van der Waals surface area contributed by atoms with Crippen molar-refractivity contribution in [1.82, 2.24) is 14.7 Å². The van der Waals surface area contributed by atoms with E-state index in [1.54, 1.807) is 6.20 Å². The third-order valence-electron chi connectivity index (χ3n) is 3.71. The Morgan fingerprint density at radius 1 is 1.35 bits per heavy atom. The van der Waals surface area contributed by atoms with Crippen molar-refractivity contribution >= 4 is 11.6 Å². The van der Waals surface area contributed by atoms with Crippen LogP contribution in [0.3, 0.4) is 0 Å². The van der Waals surface area contributed by atoms with Crippen LogP contribution in [-0.2, 0) is 6.61 Å². The lowest BCUT2D eigenvalue weighted by molar-refractivity contribution is 0.219. The Balaban J connectivity index is 1.70. The zero-order valence-electron chi connectivity index (χ0n) is 11.5. The van der Waals surface area contributed by atoms with Crippen LogP contribution in [0, 0.1) is 0 Å². The van der Waals surface area contributed by atoms with E-state index in [1.165, 1.54) is 6.42 Å². The zero-order chi connectivity index (χ0) is 13.9. The summed E-state index contributed by atoms with van der Waals surface area (Å²) in [5.74, 6) is 0.649. The molecule has 0 amide bonds. The second-order valence-corrected chi connectivity index (χ2v) is 5.48. The molecule has 0 bridgehead atoms. The van der Waals surface area contributed by atoms with Crippen LogP contribution in [0.2, 0.25) is 5.15 Å². The van der Waals surface area contributed by atoms with Gasteiger partial charge in [0.05, 0.1) is 6.20 Å². The average Bonchev–Trinajstić information content (AvgIpc) is 3.04. The Morgan fingerprint density at radius 3 is 2.85 bits per heavy atom. The van der Waals surface area contributed by atoms with Gasteiger partial charge in [-0.1, -0.05) is 41.9 Å². The fraction of sp³-hybridized carbons (Fsp3) is 0.400. The van der Waals surface area contributed by atoms with E-state index in [0.29, 0.717) is 17.5 Å². The standard InChI is InChI=1S/C15H18ClN3O/c1-18-9-5-8-14(18)19-15(16)13(10-17-19)20-11-12-6-3-2-4-7-12/h2-4,6-7,10,14H,5,8-9,11H2,1H3. The van der Waals surface area contributed by atoms with Crippen molar-refractivity contribution in [2.75, 3.05) is 13.6 Å². The molecule has 3 rings (SSSR count). The molecule has 1 aromatic heterocycles. The summed E-state index contributed by atoms with van der Waals surface area (Å²) in [5, 5.41) is 4.96. The summed E-state index contributed by atoms with van der Waals surface area (Å²) in [5.41, 5.74) is 1.12. The molecular weight excluding hydrogens is 274 g/mol. The lowest BCUT2D eigenvalue weighted by Gasteiger charge is -2.20. The van der Waals surface area contributed by atoms with Crippen LogP contribution in [0.4, 0.5) is 0 Å². The van der Waals surface area contributed by atoms with Gasteiger partial charge in [-0.15, -0.1) is 0 Å². The van der Waals surface area contributed by atoms with Gasteiger partial charge >= 0.3 is 0 Å². The Kier molecular flexibility index (Phi) is 3.94. The Labute approximate surface area is 123 Å². The first kappa shape index (κ1) is 13.5. The zero-order valence-corrected chi connectivity index (χ0v) is 12.3. The van der Waals surface area contributed by atoms with Gasteiger partial charge in [-0.3, -0.25) is 4.90 Å². The van der Waals surface area contributed by atoms with E-state index in [0.717, 1.165) is 18.5 Å². The van der Waals surface area contributed by atoms with Gasteiger partial charge in [0, 0.05) is 0 Å². The lowest BCUT2D eigenvalue weighted by Crippen LogP contribution is -2.24. The van der Waals surface area contributed by atoms with Crippen LogP contribution >= 0.6 is 11.6 Å². The number of aromatic nitrogens is 2. The van der Waals surface area contributed by atoms with Crippen LogP contribution in [0.15, 0.2) is 36.5 Å². The van der Waals surface area contributed by atoms with Crippen LogP contribution in [0.1, 0.15) is 24.6 Å². The second kappa shape index (κ2) is 5.85. The van der Waals surface area contributed by atoms with E-state index < -0.39 is 0 Å². The average molecular weight is 292 g/mol. The van der Waals surface area contributed by atoms with Crippen molar-refractivity contribution in [1.29, 1.82) is 0 Å². The van der Waals surface area contributed by atoms with Gasteiger partial charge in [0.25, 0.3) is 0 Å². The second-order valence-electron chi connectivity index (χ2n) is 5.12. The highest BCUT2D eigenvalue weighted by molar-refractivity contribution is 6.31. The molecule has 1 aromatic carbocycles. The van der Waals surface area contributed by atoms with E-state index in [4.69, 9.17) is 16.3 Å². The van der Waals surface area contributed by atoms with E-state index in [2.05, 4.69) is 17.0 Å². The Bertz CT molecular complexity index is 570. The van der Waals surface area contributed by atoms with Gasteiger partial charge in [0.2, 0.25) is 0 Å². The molecule has 1 atom stereocenters. The molecule has 1 saturated heterocycles. The molecule has 0 saturated carbocycles. The molecule has 20 heavy (non-hydrogen) atoms. The predicted molar refractivity (Wildman–Crippen MR) is 78.9 cm³/mol. The van der Waals surface area contributed by atoms with Crippen molar-refractivity contribution in [3.8, 4) is 5.75 Å². The van der Waals surface area contributed by atoms with Gasteiger partial charge in [-0.05, 0) is 32.0 Å². The summed E-state index contributed by atoms with van der Waals surface area (Å²) in [6.07, 6.45) is 4.21. The summed E-state index contributed by atoms with van der Waals surface area (Å²) in [7, 11) is 2.10. The molecule has 1 aliphatic rings. The summed E-state index contributed by atoms with van der Waals surface area (Å²) < 4.78 is 7.62. The topological polar surface area (TPSA) is 30.3 Å². The summed E-state index contributed by atoms with van der Waals surface area (Å²) >= 11 is 6.38. The van der Waals surface area contributed by atoms with Crippen LogP contribution in [-0.4, -0.2) is 28.3 Å². The lowest BCUT2D eigenvalue weighted by atomic mass is 10.2. The van der Waals surface area contributed by atoms with E-state index in [9.17, 15) is 0 Å². The highest BCUT2D eigenvalue weighted by Gasteiger charge is 2.26. The molecule has 0 radical (unpaired) electrons. The maximum Gasteiger partial charge on any atom is 0.176 e.